The Kier molecular flexibility index (Phi) is 7.54. The molecule has 0 radical (unpaired) electrons. The Morgan fingerprint density at radius 2 is 1.61 bits per heavy atom. The highest BCUT2D eigenvalue weighted by atomic mass is 16.6. The number of aliphatic carboxylic acids is 1. The van der Waals surface area contributed by atoms with Crippen LogP contribution in [0.5, 0.6) is 0 Å². The molecule has 0 aromatic carbocycles. The van der Waals surface area contributed by atoms with Gasteiger partial charge >= 0.3 is 18.0 Å². The molecule has 0 saturated heterocycles. The molecule has 0 aromatic heterocycles. The van der Waals surface area contributed by atoms with Gasteiger partial charge in [0, 0.05) is 6.54 Å². The standard InChI is InChI=1S/C16H29NO6/c1-10(2)8-11(12(18)19)22-13(20)16(6,7)9-17-14(21)23-15(3,4)5/h10-11H,8-9H2,1-7H3,(H,17,21)(H,18,19)/t11-/m1/s1. The molecular weight excluding hydrogens is 302 g/mol. The maximum absolute atomic E-state index is 12.2. The van der Waals surface area contributed by atoms with E-state index in [0.29, 0.717) is 0 Å². The highest BCUT2D eigenvalue weighted by Gasteiger charge is 2.34. The summed E-state index contributed by atoms with van der Waals surface area (Å²) in [5, 5.41) is 11.6. The molecule has 0 aliphatic heterocycles. The quantitative estimate of drug-likeness (QED) is 0.695. The summed E-state index contributed by atoms with van der Waals surface area (Å²) >= 11 is 0. The minimum absolute atomic E-state index is 0.0191. The number of amides is 1. The van der Waals surface area contributed by atoms with E-state index in [1.165, 1.54) is 0 Å². The van der Waals surface area contributed by atoms with Crippen molar-refractivity contribution in [3.05, 3.63) is 0 Å². The minimum atomic E-state index is -1.19. The van der Waals surface area contributed by atoms with Crippen LogP contribution in [0.1, 0.15) is 54.9 Å². The molecule has 0 aromatic rings. The van der Waals surface area contributed by atoms with Crippen molar-refractivity contribution in [1.29, 1.82) is 0 Å². The first kappa shape index (κ1) is 21.2. The number of alkyl carbamates (subject to hydrolysis) is 1. The van der Waals surface area contributed by atoms with E-state index in [1.54, 1.807) is 34.6 Å². The third-order valence-corrected chi connectivity index (χ3v) is 2.84. The average molecular weight is 331 g/mol. The van der Waals surface area contributed by atoms with Crippen LogP contribution in [0.3, 0.4) is 0 Å². The molecule has 0 spiro atoms. The van der Waals surface area contributed by atoms with E-state index in [9.17, 15) is 14.4 Å². The summed E-state index contributed by atoms with van der Waals surface area (Å²) in [5.41, 5.74) is -1.71. The van der Waals surface area contributed by atoms with Gasteiger partial charge in [-0.2, -0.15) is 0 Å². The molecule has 0 aliphatic rings. The summed E-state index contributed by atoms with van der Waals surface area (Å²) < 4.78 is 10.2. The Hall–Kier alpha value is -1.79. The maximum atomic E-state index is 12.2. The molecule has 0 rings (SSSR count). The molecular formula is C16H29NO6. The fraction of sp³-hybridized carbons (Fsp3) is 0.812. The van der Waals surface area contributed by atoms with E-state index in [0.717, 1.165) is 0 Å². The molecule has 0 aliphatic carbocycles. The summed E-state index contributed by atoms with van der Waals surface area (Å²) in [5.74, 6) is -1.78. The predicted octanol–water partition coefficient (Wildman–Crippen LogP) is 2.58. The number of carboxylic acid groups (broad SMARTS) is 1. The van der Waals surface area contributed by atoms with Crippen LogP contribution >= 0.6 is 0 Å². The average Bonchev–Trinajstić information content (AvgIpc) is 2.32. The molecule has 0 bridgehead atoms. The second kappa shape index (κ2) is 8.17. The third-order valence-electron chi connectivity index (χ3n) is 2.84. The SMILES string of the molecule is CC(C)C[C@@H](OC(=O)C(C)(C)CNC(=O)OC(C)(C)C)C(=O)O. The number of hydrogen-bond donors (Lipinski definition) is 2. The summed E-state index contributed by atoms with van der Waals surface area (Å²) in [6.07, 6.45) is -1.60. The lowest BCUT2D eigenvalue weighted by Crippen LogP contribution is -2.43. The van der Waals surface area contributed by atoms with E-state index in [-0.39, 0.29) is 18.9 Å². The molecule has 0 unspecified atom stereocenters. The van der Waals surface area contributed by atoms with Crippen molar-refractivity contribution in [3.63, 3.8) is 0 Å². The molecule has 0 saturated carbocycles. The van der Waals surface area contributed by atoms with Gasteiger partial charge in [-0.3, -0.25) is 4.79 Å². The number of rotatable bonds is 7. The largest absolute Gasteiger partial charge is 0.479 e. The Morgan fingerprint density at radius 1 is 1.09 bits per heavy atom. The van der Waals surface area contributed by atoms with E-state index < -0.39 is 35.2 Å². The molecule has 7 nitrogen and oxygen atoms in total. The van der Waals surface area contributed by atoms with E-state index in [2.05, 4.69) is 5.32 Å². The van der Waals surface area contributed by atoms with Gasteiger partial charge in [-0.05, 0) is 47.0 Å². The van der Waals surface area contributed by atoms with Crippen molar-refractivity contribution in [1.82, 2.24) is 5.32 Å². The van der Waals surface area contributed by atoms with Crippen LogP contribution in [-0.2, 0) is 19.1 Å². The highest BCUT2D eigenvalue weighted by molar-refractivity contribution is 5.81. The normalized spacial score (nSPS) is 13.4. The van der Waals surface area contributed by atoms with Gasteiger partial charge in [0.25, 0.3) is 0 Å². The van der Waals surface area contributed by atoms with Gasteiger partial charge < -0.3 is 19.9 Å². The zero-order valence-electron chi connectivity index (χ0n) is 15.1. The monoisotopic (exact) mass is 331 g/mol. The van der Waals surface area contributed by atoms with Crippen molar-refractivity contribution in [3.8, 4) is 0 Å². The van der Waals surface area contributed by atoms with Crippen LogP contribution in [0, 0.1) is 11.3 Å². The van der Waals surface area contributed by atoms with Gasteiger partial charge in [0.2, 0.25) is 0 Å². The Balaban J connectivity index is 4.64. The van der Waals surface area contributed by atoms with Crippen LogP contribution in [0.15, 0.2) is 0 Å². The zero-order chi connectivity index (χ0) is 18.4. The zero-order valence-corrected chi connectivity index (χ0v) is 15.1. The van der Waals surface area contributed by atoms with Crippen LogP contribution in [0.25, 0.3) is 0 Å². The second-order valence-electron chi connectivity index (χ2n) is 7.60. The molecule has 7 heteroatoms. The first-order valence-corrected chi connectivity index (χ1v) is 7.65. The lowest BCUT2D eigenvalue weighted by atomic mass is 9.93. The van der Waals surface area contributed by atoms with Crippen molar-refractivity contribution >= 4 is 18.0 Å². The number of carbonyl (C=O) groups excluding carboxylic acids is 2. The highest BCUT2D eigenvalue weighted by Crippen LogP contribution is 2.20. The third kappa shape index (κ3) is 9.05. The van der Waals surface area contributed by atoms with Crippen molar-refractivity contribution in [2.24, 2.45) is 11.3 Å². The maximum Gasteiger partial charge on any atom is 0.407 e. The number of carboxylic acids is 1. The number of carbonyl (C=O) groups is 3. The van der Waals surface area contributed by atoms with E-state index in [4.69, 9.17) is 14.6 Å². The number of hydrogen-bond acceptors (Lipinski definition) is 5. The van der Waals surface area contributed by atoms with E-state index >= 15 is 0 Å². The molecule has 1 atom stereocenters. The Morgan fingerprint density at radius 3 is 2.00 bits per heavy atom. The summed E-state index contributed by atoms with van der Waals surface area (Å²) in [6, 6.07) is 0. The second-order valence-corrected chi connectivity index (χ2v) is 7.60. The first-order chi connectivity index (χ1) is 10.2. The van der Waals surface area contributed by atoms with E-state index in [1.807, 2.05) is 13.8 Å². The van der Waals surface area contributed by atoms with Crippen LogP contribution in [-0.4, -0.2) is 41.4 Å². The number of nitrogens with one attached hydrogen (secondary N) is 1. The molecule has 0 heterocycles. The van der Waals surface area contributed by atoms with Gasteiger partial charge in [0.05, 0.1) is 5.41 Å². The fourth-order valence-electron chi connectivity index (χ4n) is 1.60. The molecule has 1 amide bonds. The van der Waals surface area contributed by atoms with Crippen LogP contribution < -0.4 is 5.32 Å². The van der Waals surface area contributed by atoms with Gasteiger partial charge in [0.1, 0.15) is 5.60 Å². The molecule has 0 fully saturated rings. The van der Waals surface area contributed by atoms with Crippen molar-refractivity contribution in [2.45, 2.75) is 66.6 Å². The lowest BCUT2D eigenvalue weighted by molar-refractivity contribution is -0.171. The molecule has 2 N–H and O–H groups in total. The number of esters is 1. The summed E-state index contributed by atoms with van der Waals surface area (Å²) in [4.78, 5) is 35.0. The van der Waals surface area contributed by atoms with Crippen LogP contribution in [0.2, 0.25) is 0 Å². The summed E-state index contributed by atoms with van der Waals surface area (Å²) in [6.45, 7) is 12.0. The fourth-order valence-corrected chi connectivity index (χ4v) is 1.60. The predicted molar refractivity (Wildman–Crippen MR) is 85.0 cm³/mol. The van der Waals surface area contributed by atoms with Crippen LogP contribution in [0.4, 0.5) is 4.79 Å². The van der Waals surface area contributed by atoms with Crippen molar-refractivity contribution in [2.75, 3.05) is 6.54 Å². The van der Waals surface area contributed by atoms with Gasteiger partial charge in [0.15, 0.2) is 6.10 Å². The smallest absolute Gasteiger partial charge is 0.407 e. The van der Waals surface area contributed by atoms with Crippen molar-refractivity contribution < 1.29 is 29.0 Å². The Labute approximate surface area is 137 Å². The minimum Gasteiger partial charge on any atom is -0.479 e. The molecule has 23 heavy (non-hydrogen) atoms. The Bertz CT molecular complexity index is 436. The summed E-state index contributed by atoms with van der Waals surface area (Å²) in [7, 11) is 0. The molecule has 134 valence electrons. The first-order valence-electron chi connectivity index (χ1n) is 7.65. The van der Waals surface area contributed by atoms with Gasteiger partial charge in [-0.15, -0.1) is 0 Å². The lowest BCUT2D eigenvalue weighted by Gasteiger charge is -2.26. The van der Waals surface area contributed by atoms with Gasteiger partial charge in [-0.25, -0.2) is 9.59 Å². The number of ether oxygens (including phenoxy) is 2. The van der Waals surface area contributed by atoms with Gasteiger partial charge in [-0.1, -0.05) is 13.8 Å². The topological polar surface area (TPSA) is 102 Å².